The van der Waals surface area contributed by atoms with Crippen LogP contribution in [0.5, 0.6) is 0 Å². The summed E-state index contributed by atoms with van der Waals surface area (Å²) in [4.78, 5) is 2.32. The summed E-state index contributed by atoms with van der Waals surface area (Å²) in [6, 6.07) is 8.48. The second-order valence-corrected chi connectivity index (χ2v) is 4.91. The van der Waals surface area contributed by atoms with Crippen molar-refractivity contribution in [2.24, 2.45) is 0 Å². The number of anilines is 2. The van der Waals surface area contributed by atoms with Gasteiger partial charge in [0.2, 0.25) is 0 Å². The highest BCUT2D eigenvalue weighted by molar-refractivity contribution is 5.79. The molecule has 88 valence electrons. The lowest BCUT2D eigenvalue weighted by Gasteiger charge is -2.36. The summed E-state index contributed by atoms with van der Waals surface area (Å²) in [5, 5.41) is 3.64. The van der Waals surface area contributed by atoms with Crippen molar-refractivity contribution >= 4 is 11.4 Å². The number of nitrogens with one attached hydrogen (secondary N) is 1. The van der Waals surface area contributed by atoms with Gasteiger partial charge in [-0.1, -0.05) is 30.4 Å². The Morgan fingerprint density at radius 1 is 1.24 bits per heavy atom. The van der Waals surface area contributed by atoms with Crippen LogP contribution >= 0.6 is 0 Å². The molecule has 0 spiro atoms. The summed E-state index contributed by atoms with van der Waals surface area (Å²) in [7, 11) is 2.15. The molecule has 1 unspecified atom stereocenters. The zero-order chi connectivity index (χ0) is 11.9. The number of likely N-dealkylation sites (N-methyl/N-ethyl adjacent to an activating group) is 1. The van der Waals surface area contributed by atoms with Crippen LogP contribution in [0.1, 0.15) is 19.8 Å². The smallest absolute Gasteiger partial charge is 0.133 e. The molecule has 1 N–H and O–H groups in total. The summed E-state index contributed by atoms with van der Waals surface area (Å²) in [6.45, 7) is 2.24. The number of allylic oxidation sites excluding steroid dienone is 2. The maximum absolute atomic E-state index is 3.64. The molecule has 1 atom stereocenters. The van der Waals surface area contributed by atoms with Gasteiger partial charge >= 0.3 is 0 Å². The Hall–Kier alpha value is -1.70. The van der Waals surface area contributed by atoms with Gasteiger partial charge in [-0.15, -0.1) is 0 Å². The third-order valence-electron chi connectivity index (χ3n) is 3.87. The molecule has 2 heteroatoms. The summed E-state index contributed by atoms with van der Waals surface area (Å²) >= 11 is 0. The molecule has 2 nitrogen and oxygen atoms in total. The number of hydrogen-bond acceptors (Lipinski definition) is 2. The van der Waals surface area contributed by atoms with Crippen LogP contribution in [-0.4, -0.2) is 12.7 Å². The van der Waals surface area contributed by atoms with E-state index in [0.717, 1.165) is 12.8 Å². The second-order valence-electron chi connectivity index (χ2n) is 4.91. The van der Waals surface area contributed by atoms with E-state index in [1.807, 2.05) is 0 Å². The van der Waals surface area contributed by atoms with E-state index < -0.39 is 0 Å². The standard InChI is InChI=1S/C15H18N2/c1-15(12-8-4-3-5-9-12)16-13-10-6-7-11-14(13)17(15)2/h4,6-11,16H,3,5H2,1-2H3. The van der Waals surface area contributed by atoms with Gasteiger partial charge in [0.25, 0.3) is 0 Å². The van der Waals surface area contributed by atoms with Crippen LogP contribution < -0.4 is 10.2 Å². The average molecular weight is 226 g/mol. The van der Waals surface area contributed by atoms with Gasteiger partial charge in [0, 0.05) is 7.05 Å². The van der Waals surface area contributed by atoms with E-state index in [9.17, 15) is 0 Å². The number of para-hydroxylation sites is 2. The highest BCUT2D eigenvalue weighted by Gasteiger charge is 2.39. The van der Waals surface area contributed by atoms with Crippen LogP contribution in [0.25, 0.3) is 0 Å². The first kappa shape index (κ1) is 10.5. The lowest BCUT2D eigenvalue weighted by Crippen LogP contribution is -2.47. The SMILES string of the molecule is CN1c2ccccc2NC1(C)C1=CCCC=C1. The molecule has 1 aliphatic heterocycles. The largest absolute Gasteiger partial charge is 0.357 e. The third-order valence-corrected chi connectivity index (χ3v) is 3.87. The molecule has 1 aliphatic carbocycles. The van der Waals surface area contributed by atoms with Gasteiger partial charge in [0.05, 0.1) is 11.4 Å². The van der Waals surface area contributed by atoms with Crippen molar-refractivity contribution in [3.05, 3.63) is 48.1 Å². The van der Waals surface area contributed by atoms with Crippen molar-refractivity contribution in [3.63, 3.8) is 0 Å². The van der Waals surface area contributed by atoms with Crippen molar-refractivity contribution in [2.45, 2.75) is 25.4 Å². The molecule has 0 bridgehead atoms. The highest BCUT2D eigenvalue weighted by atomic mass is 15.4. The van der Waals surface area contributed by atoms with Gasteiger partial charge in [0.1, 0.15) is 5.66 Å². The minimum atomic E-state index is -0.111. The predicted molar refractivity (Wildman–Crippen MR) is 73.3 cm³/mol. The molecule has 0 fully saturated rings. The molecule has 0 aromatic heterocycles. The molecular weight excluding hydrogens is 208 g/mol. The predicted octanol–water partition coefficient (Wildman–Crippen LogP) is 3.54. The zero-order valence-corrected chi connectivity index (χ0v) is 10.4. The fourth-order valence-electron chi connectivity index (χ4n) is 2.70. The lowest BCUT2D eigenvalue weighted by molar-refractivity contribution is 0.615. The summed E-state index contributed by atoms with van der Waals surface area (Å²) in [5.41, 5.74) is 3.75. The van der Waals surface area contributed by atoms with Crippen LogP contribution in [0, 0.1) is 0 Å². The van der Waals surface area contributed by atoms with Crippen molar-refractivity contribution in [1.29, 1.82) is 0 Å². The van der Waals surface area contributed by atoms with Gasteiger partial charge in [0.15, 0.2) is 0 Å². The minimum Gasteiger partial charge on any atom is -0.357 e. The van der Waals surface area contributed by atoms with Crippen LogP contribution in [0.2, 0.25) is 0 Å². The van der Waals surface area contributed by atoms with E-state index in [1.54, 1.807) is 0 Å². The fourth-order valence-corrected chi connectivity index (χ4v) is 2.70. The highest BCUT2D eigenvalue weighted by Crippen LogP contribution is 2.42. The maximum atomic E-state index is 3.64. The number of rotatable bonds is 1. The van der Waals surface area contributed by atoms with E-state index in [0.29, 0.717) is 0 Å². The zero-order valence-electron chi connectivity index (χ0n) is 10.4. The molecule has 0 radical (unpaired) electrons. The Balaban J connectivity index is 2.02. The molecule has 0 saturated heterocycles. The first-order valence-corrected chi connectivity index (χ1v) is 6.20. The van der Waals surface area contributed by atoms with Gasteiger partial charge < -0.3 is 10.2 Å². The number of hydrogen-bond donors (Lipinski definition) is 1. The van der Waals surface area contributed by atoms with E-state index in [2.05, 4.69) is 66.7 Å². The second kappa shape index (κ2) is 3.66. The Labute approximate surface area is 103 Å². The van der Waals surface area contributed by atoms with Crippen LogP contribution in [0.3, 0.4) is 0 Å². The van der Waals surface area contributed by atoms with E-state index in [4.69, 9.17) is 0 Å². The molecule has 1 heterocycles. The fraction of sp³-hybridized carbons (Fsp3) is 0.333. The Morgan fingerprint density at radius 3 is 2.76 bits per heavy atom. The molecule has 3 rings (SSSR count). The molecular formula is C15H18N2. The first-order valence-electron chi connectivity index (χ1n) is 6.20. The first-order chi connectivity index (χ1) is 8.22. The van der Waals surface area contributed by atoms with Crippen LogP contribution in [-0.2, 0) is 0 Å². The van der Waals surface area contributed by atoms with E-state index >= 15 is 0 Å². The third kappa shape index (κ3) is 1.47. The summed E-state index contributed by atoms with van der Waals surface area (Å²) in [6.07, 6.45) is 9.16. The van der Waals surface area contributed by atoms with Crippen LogP contribution in [0.4, 0.5) is 11.4 Å². The van der Waals surface area contributed by atoms with Gasteiger partial charge in [-0.3, -0.25) is 0 Å². The molecule has 2 aliphatic rings. The van der Waals surface area contributed by atoms with E-state index in [-0.39, 0.29) is 5.66 Å². The maximum Gasteiger partial charge on any atom is 0.133 e. The Kier molecular flexibility index (Phi) is 2.25. The van der Waals surface area contributed by atoms with Crippen molar-refractivity contribution in [3.8, 4) is 0 Å². The topological polar surface area (TPSA) is 15.3 Å². The van der Waals surface area contributed by atoms with Gasteiger partial charge in [-0.05, 0) is 37.5 Å². The Morgan fingerprint density at radius 2 is 2.06 bits per heavy atom. The number of benzene rings is 1. The van der Waals surface area contributed by atoms with Crippen LogP contribution in [0.15, 0.2) is 48.1 Å². The lowest BCUT2D eigenvalue weighted by atomic mass is 9.95. The Bertz CT molecular complexity index is 501. The molecule has 1 aromatic carbocycles. The average Bonchev–Trinajstić information content (AvgIpc) is 2.65. The number of fused-ring (bicyclic) bond motifs is 1. The normalized spacial score (nSPS) is 26.5. The summed E-state index contributed by atoms with van der Waals surface area (Å²) in [5.74, 6) is 0. The summed E-state index contributed by atoms with van der Waals surface area (Å²) < 4.78 is 0. The van der Waals surface area contributed by atoms with Gasteiger partial charge in [-0.25, -0.2) is 0 Å². The van der Waals surface area contributed by atoms with Gasteiger partial charge in [-0.2, -0.15) is 0 Å². The molecule has 0 saturated carbocycles. The molecule has 1 aromatic rings. The molecule has 0 amide bonds. The van der Waals surface area contributed by atoms with E-state index in [1.165, 1.54) is 16.9 Å². The monoisotopic (exact) mass is 226 g/mol. The van der Waals surface area contributed by atoms with Crippen molar-refractivity contribution in [2.75, 3.05) is 17.3 Å². The number of nitrogens with zero attached hydrogens (tertiary/aromatic N) is 1. The van der Waals surface area contributed by atoms with Crippen molar-refractivity contribution < 1.29 is 0 Å². The molecule has 17 heavy (non-hydrogen) atoms. The quantitative estimate of drug-likeness (QED) is 0.788. The van der Waals surface area contributed by atoms with Crippen molar-refractivity contribution in [1.82, 2.24) is 0 Å². The minimum absolute atomic E-state index is 0.111.